The van der Waals surface area contributed by atoms with Crippen LogP contribution in [0.25, 0.3) is 0 Å². The molecule has 0 radical (unpaired) electrons. The van der Waals surface area contributed by atoms with E-state index < -0.39 is 0 Å². The summed E-state index contributed by atoms with van der Waals surface area (Å²) in [6, 6.07) is 1.40. The van der Waals surface area contributed by atoms with Crippen LogP contribution in [0, 0.1) is 5.92 Å². The van der Waals surface area contributed by atoms with Crippen molar-refractivity contribution < 1.29 is 0 Å². The van der Waals surface area contributed by atoms with Crippen LogP contribution in [0.15, 0.2) is 0 Å². The molecule has 0 saturated carbocycles. The first-order valence-electron chi connectivity index (χ1n) is 6.72. The SMILES string of the molecule is CCN1CCN(C(C)C(C)CNC)CC1C. The molecule has 0 aromatic rings. The highest BCUT2D eigenvalue weighted by Gasteiger charge is 2.27. The molecule has 3 atom stereocenters. The lowest BCUT2D eigenvalue weighted by Gasteiger charge is -2.43. The molecule has 16 heavy (non-hydrogen) atoms. The van der Waals surface area contributed by atoms with Gasteiger partial charge in [-0.05, 0) is 39.9 Å². The van der Waals surface area contributed by atoms with Crippen LogP contribution in [0.4, 0.5) is 0 Å². The molecule has 0 spiro atoms. The Bertz CT molecular complexity index is 196. The van der Waals surface area contributed by atoms with Gasteiger partial charge in [-0.25, -0.2) is 0 Å². The summed E-state index contributed by atoms with van der Waals surface area (Å²) in [6.07, 6.45) is 0. The molecular formula is C13H29N3. The molecule has 1 fully saturated rings. The number of hydrogen-bond donors (Lipinski definition) is 1. The average molecular weight is 227 g/mol. The second-order valence-electron chi connectivity index (χ2n) is 5.25. The van der Waals surface area contributed by atoms with Gasteiger partial charge in [0.1, 0.15) is 0 Å². The van der Waals surface area contributed by atoms with Crippen LogP contribution in [-0.2, 0) is 0 Å². The average Bonchev–Trinajstić information content (AvgIpc) is 2.28. The fourth-order valence-corrected chi connectivity index (χ4v) is 2.72. The van der Waals surface area contributed by atoms with Crippen molar-refractivity contribution in [2.24, 2.45) is 5.92 Å². The van der Waals surface area contributed by atoms with Crippen molar-refractivity contribution in [3.05, 3.63) is 0 Å². The van der Waals surface area contributed by atoms with Gasteiger partial charge in [0.15, 0.2) is 0 Å². The zero-order chi connectivity index (χ0) is 12.1. The van der Waals surface area contributed by atoms with Gasteiger partial charge in [0.2, 0.25) is 0 Å². The Balaban J connectivity index is 2.44. The lowest BCUT2D eigenvalue weighted by molar-refractivity contribution is 0.0477. The monoisotopic (exact) mass is 227 g/mol. The molecule has 0 aliphatic carbocycles. The minimum Gasteiger partial charge on any atom is -0.319 e. The molecule has 96 valence electrons. The van der Waals surface area contributed by atoms with Crippen LogP contribution in [0.3, 0.4) is 0 Å². The van der Waals surface area contributed by atoms with E-state index in [2.05, 4.69) is 42.8 Å². The van der Waals surface area contributed by atoms with E-state index in [1.54, 1.807) is 0 Å². The normalized spacial score (nSPS) is 27.9. The smallest absolute Gasteiger partial charge is 0.0195 e. The largest absolute Gasteiger partial charge is 0.319 e. The summed E-state index contributed by atoms with van der Waals surface area (Å²) in [7, 11) is 2.04. The second-order valence-corrected chi connectivity index (χ2v) is 5.25. The topological polar surface area (TPSA) is 18.5 Å². The predicted octanol–water partition coefficient (Wildman–Crippen LogP) is 1.26. The van der Waals surface area contributed by atoms with E-state index in [1.807, 2.05) is 7.05 Å². The predicted molar refractivity (Wildman–Crippen MR) is 70.8 cm³/mol. The Morgan fingerprint density at radius 1 is 1.31 bits per heavy atom. The molecule has 0 aromatic carbocycles. The molecule has 1 N–H and O–H groups in total. The minimum absolute atomic E-state index is 0.689. The molecule has 0 amide bonds. The van der Waals surface area contributed by atoms with Gasteiger partial charge in [0.25, 0.3) is 0 Å². The summed E-state index contributed by atoms with van der Waals surface area (Å²) in [6.45, 7) is 15.3. The minimum atomic E-state index is 0.689. The molecule has 1 saturated heterocycles. The van der Waals surface area contributed by atoms with Crippen LogP contribution in [0.2, 0.25) is 0 Å². The van der Waals surface area contributed by atoms with Crippen molar-refractivity contribution in [2.75, 3.05) is 39.8 Å². The first-order chi connectivity index (χ1) is 7.60. The lowest BCUT2D eigenvalue weighted by atomic mass is 10.00. The molecule has 1 aliphatic heterocycles. The van der Waals surface area contributed by atoms with Crippen molar-refractivity contribution in [3.63, 3.8) is 0 Å². The van der Waals surface area contributed by atoms with Gasteiger partial charge in [-0.2, -0.15) is 0 Å². The molecule has 3 heteroatoms. The lowest BCUT2D eigenvalue weighted by Crippen LogP contribution is -2.55. The highest BCUT2D eigenvalue weighted by molar-refractivity contribution is 4.83. The van der Waals surface area contributed by atoms with E-state index in [0.29, 0.717) is 12.1 Å². The third-order valence-corrected chi connectivity index (χ3v) is 4.13. The van der Waals surface area contributed by atoms with Crippen LogP contribution in [-0.4, -0.2) is 61.7 Å². The Hall–Kier alpha value is -0.120. The molecule has 1 aliphatic rings. The van der Waals surface area contributed by atoms with E-state index in [4.69, 9.17) is 0 Å². The maximum atomic E-state index is 3.28. The summed E-state index contributed by atoms with van der Waals surface area (Å²) in [5.74, 6) is 0.727. The van der Waals surface area contributed by atoms with Gasteiger partial charge in [-0.15, -0.1) is 0 Å². The number of hydrogen-bond acceptors (Lipinski definition) is 3. The van der Waals surface area contributed by atoms with Gasteiger partial charge < -0.3 is 5.32 Å². The maximum Gasteiger partial charge on any atom is 0.0195 e. The first kappa shape index (κ1) is 13.9. The number of piperazine rings is 1. The molecule has 3 unspecified atom stereocenters. The Labute approximate surface area is 101 Å². The van der Waals surface area contributed by atoms with E-state index >= 15 is 0 Å². The van der Waals surface area contributed by atoms with E-state index in [1.165, 1.54) is 26.2 Å². The molecular weight excluding hydrogens is 198 g/mol. The number of nitrogens with zero attached hydrogens (tertiary/aromatic N) is 2. The van der Waals surface area contributed by atoms with E-state index in [0.717, 1.165) is 12.5 Å². The van der Waals surface area contributed by atoms with E-state index in [9.17, 15) is 0 Å². The number of nitrogens with one attached hydrogen (secondary N) is 1. The van der Waals surface area contributed by atoms with Crippen LogP contribution < -0.4 is 5.32 Å². The standard InChI is InChI=1S/C13H29N3/c1-6-15-7-8-16(10-12(15)3)13(4)11(2)9-14-5/h11-14H,6-10H2,1-5H3. The fourth-order valence-electron chi connectivity index (χ4n) is 2.72. The van der Waals surface area contributed by atoms with Gasteiger partial charge in [0, 0.05) is 31.7 Å². The quantitative estimate of drug-likeness (QED) is 0.763. The van der Waals surface area contributed by atoms with Crippen molar-refractivity contribution in [1.82, 2.24) is 15.1 Å². The molecule has 0 bridgehead atoms. The van der Waals surface area contributed by atoms with Crippen molar-refractivity contribution in [1.29, 1.82) is 0 Å². The zero-order valence-electron chi connectivity index (χ0n) is 11.7. The van der Waals surface area contributed by atoms with Gasteiger partial charge in [-0.3, -0.25) is 9.80 Å². The van der Waals surface area contributed by atoms with Crippen LogP contribution >= 0.6 is 0 Å². The van der Waals surface area contributed by atoms with Gasteiger partial charge in [0.05, 0.1) is 0 Å². The summed E-state index contributed by atoms with van der Waals surface area (Å²) in [5.41, 5.74) is 0. The Morgan fingerprint density at radius 2 is 2.00 bits per heavy atom. The van der Waals surface area contributed by atoms with Crippen molar-refractivity contribution >= 4 is 0 Å². The molecule has 3 nitrogen and oxygen atoms in total. The fraction of sp³-hybridized carbons (Fsp3) is 1.00. The third kappa shape index (κ3) is 3.44. The highest BCUT2D eigenvalue weighted by Crippen LogP contribution is 2.16. The molecule has 1 heterocycles. The molecule has 1 rings (SSSR count). The van der Waals surface area contributed by atoms with Crippen molar-refractivity contribution in [2.45, 2.75) is 39.8 Å². The Kier molecular flexibility index (Phi) is 5.73. The first-order valence-corrected chi connectivity index (χ1v) is 6.72. The summed E-state index contributed by atoms with van der Waals surface area (Å²) in [4.78, 5) is 5.23. The van der Waals surface area contributed by atoms with Gasteiger partial charge in [-0.1, -0.05) is 13.8 Å². The third-order valence-electron chi connectivity index (χ3n) is 4.13. The summed E-state index contributed by atoms with van der Waals surface area (Å²) in [5, 5.41) is 3.28. The van der Waals surface area contributed by atoms with Crippen LogP contribution in [0.5, 0.6) is 0 Å². The number of likely N-dealkylation sites (N-methyl/N-ethyl adjacent to an activating group) is 1. The summed E-state index contributed by atoms with van der Waals surface area (Å²) >= 11 is 0. The Morgan fingerprint density at radius 3 is 2.50 bits per heavy atom. The number of rotatable bonds is 5. The molecule has 0 aromatic heterocycles. The second kappa shape index (κ2) is 6.58. The van der Waals surface area contributed by atoms with E-state index in [-0.39, 0.29) is 0 Å². The maximum absolute atomic E-state index is 3.28. The highest BCUT2D eigenvalue weighted by atomic mass is 15.3. The van der Waals surface area contributed by atoms with Crippen LogP contribution in [0.1, 0.15) is 27.7 Å². The van der Waals surface area contributed by atoms with Gasteiger partial charge >= 0.3 is 0 Å². The summed E-state index contributed by atoms with van der Waals surface area (Å²) < 4.78 is 0. The zero-order valence-corrected chi connectivity index (χ0v) is 11.7. The van der Waals surface area contributed by atoms with Crippen molar-refractivity contribution in [3.8, 4) is 0 Å².